The number of halogens is 1. The van der Waals surface area contributed by atoms with E-state index in [1.54, 1.807) is 18.2 Å². The summed E-state index contributed by atoms with van der Waals surface area (Å²) in [6.07, 6.45) is 0.217. The summed E-state index contributed by atoms with van der Waals surface area (Å²) in [7, 11) is 1.50. The monoisotopic (exact) mass is 270 g/mol. The highest BCUT2D eigenvalue weighted by atomic mass is 35.5. The van der Waals surface area contributed by atoms with Gasteiger partial charge in [-0.3, -0.25) is 9.59 Å². The van der Waals surface area contributed by atoms with Gasteiger partial charge in [0.1, 0.15) is 5.75 Å². The molecule has 0 saturated carbocycles. The second-order valence-corrected chi connectivity index (χ2v) is 3.96. The Balaban J connectivity index is 2.91. The summed E-state index contributed by atoms with van der Waals surface area (Å²) in [6.45, 7) is 1.41. The van der Waals surface area contributed by atoms with Gasteiger partial charge in [-0.15, -0.1) is 11.6 Å². The minimum atomic E-state index is -0.205. The molecule has 0 aliphatic heterocycles. The van der Waals surface area contributed by atoms with Crippen molar-refractivity contribution in [3.63, 3.8) is 0 Å². The van der Waals surface area contributed by atoms with E-state index in [4.69, 9.17) is 16.3 Å². The fourth-order valence-corrected chi connectivity index (χ4v) is 1.56. The van der Waals surface area contributed by atoms with Gasteiger partial charge < -0.3 is 15.4 Å². The first-order valence-corrected chi connectivity index (χ1v) is 5.91. The summed E-state index contributed by atoms with van der Waals surface area (Å²) in [6, 6.07) is 4.99. The first-order chi connectivity index (χ1) is 8.56. The van der Waals surface area contributed by atoms with Crippen molar-refractivity contribution in [1.82, 2.24) is 0 Å². The van der Waals surface area contributed by atoms with Gasteiger partial charge in [-0.25, -0.2) is 0 Å². The number of anilines is 2. The third-order valence-corrected chi connectivity index (χ3v) is 2.30. The average molecular weight is 271 g/mol. The summed E-state index contributed by atoms with van der Waals surface area (Å²) in [4.78, 5) is 22.4. The molecule has 0 atom stereocenters. The molecule has 0 saturated heterocycles. The summed E-state index contributed by atoms with van der Waals surface area (Å²) < 4.78 is 5.12. The SMILES string of the molecule is COc1ccc(NC(C)=O)cc1NC(=O)CCCl. The minimum Gasteiger partial charge on any atom is -0.495 e. The number of hydrogen-bond acceptors (Lipinski definition) is 3. The van der Waals surface area contributed by atoms with Crippen molar-refractivity contribution in [2.45, 2.75) is 13.3 Å². The minimum absolute atomic E-state index is 0.182. The molecule has 1 rings (SSSR count). The summed E-state index contributed by atoms with van der Waals surface area (Å²) >= 11 is 5.49. The summed E-state index contributed by atoms with van der Waals surface area (Å²) in [5, 5.41) is 5.31. The van der Waals surface area contributed by atoms with Crippen LogP contribution in [-0.4, -0.2) is 24.8 Å². The zero-order valence-corrected chi connectivity index (χ0v) is 11.0. The van der Waals surface area contributed by atoms with Crippen LogP contribution in [0.4, 0.5) is 11.4 Å². The molecule has 0 radical (unpaired) electrons. The maximum Gasteiger partial charge on any atom is 0.225 e. The van der Waals surface area contributed by atoms with E-state index in [0.29, 0.717) is 17.1 Å². The van der Waals surface area contributed by atoms with Crippen LogP contribution in [0.15, 0.2) is 18.2 Å². The zero-order chi connectivity index (χ0) is 13.5. The van der Waals surface area contributed by atoms with Crippen LogP contribution in [0, 0.1) is 0 Å². The summed E-state index contributed by atoms with van der Waals surface area (Å²) in [5.41, 5.74) is 1.09. The molecule has 2 amide bonds. The Bertz CT molecular complexity index is 449. The van der Waals surface area contributed by atoms with Gasteiger partial charge in [-0.1, -0.05) is 0 Å². The number of amides is 2. The highest BCUT2D eigenvalue weighted by Crippen LogP contribution is 2.27. The van der Waals surface area contributed by atoms with Crippen molar-refractivity contribution in [1.29, 1.82) is 0 Å². The van der Waals surface area contributed by atoms with Crippen LogP contribution < -0.4 is 15.4 Å². The number of ether oxygens (including phenoxy) is 1. The van der Waals surface area contributed by atoms with E-state index in [-0.39, 0.29) is 24.1 Å². The molecule has 1 aromatic carbocycles. The fraction of sp³-hybridized carbons (Fsp3) is 0.333. The van der Waals surface area contributed by atoms with E-state index in [2.05, 4.69) is 10.6 Å². The lowest BCUT2D eigenvalue weighted by Gasteiger charge is -2.12. The topological polar surface area (TPSA) is 67.4 Å². The van der Waals surface area contributed by atoms with E-state index < -0.39 is 0 Å². The van der Waals surface area contributed by atoms with E-state index >= 15 is 0 Å². The Labute approximate surface area is 110 Å². The van der Waals surface area contributed by atoms with Crippen LogP contribution in [0.1, 0.15) is 13.3 Å². The lowest BCUT2D eigenvalue weighted by atomic mass is 10.2. The van der Waals surface area contributed by atoms with E-state index in [9.17, 15) is 9.59 Å². The maximum absolute atomic E-state index is 11.5. The van der Waals surface area contributed by atoms with Gasteiger partial charge in [0, 0.05) is 24.9 Å². The summed E-state index contributed by atoms with van der Waals surface area (Å²) in [5.74, 6) is 0.382. The van der Waals surface area contributed by atoms with Crippen LogP contribution in [0.25, 0.3) is 0 Å². The molecule has 0 aliphatic rings. The number of benzene rings is 1. The van der Waals surface area contributed by atoms with Crippen molar-refractivity contribution in [3.8, 4) is 5.75 Å². The third-order valence-electron chi connectivity index (χ3n) is 2.12. The van der Waals surface area contributed by atoms with Gasteiger partial charge in [0.2, 0.25) is 11.8 Å². The lowest BCUT2D eigenvalue weighted by Crippen LogP contribution is -2.13. The van der Waals surface area contributed by atoms with Crippen LogP contribution >= 0.6 is 11.6 Å². The Morgan fingerprint density at radius 3 is 2.61 bits per heavy atom. The molecule has 5 nitrogen and oxygen atoms in total. The van der Waals surface area contributed by atoms with Crippen molar-refractivity contribution in [2.24, 2.45) is 0 Å². The van der Waals surface area contributed by atoms with Crippen LogP contribution in [0.3, 0.4) is 0 Å². The van der Waals surface area contributed by atoms with Crippen LogP contribution in [-0.2, 0) is 9.59 Å². The standard InChI is InChI=1S/C12H15ClN2O3/c1-8(16)14-9-3-4-11(18-2)10(7-9)15-12(17)5-6-13/h3-4,7H,5-6H2,1-2H3,(H,14,16)(H,15,17). The molecule has 0 unspecified atom stereocenters. The molecule has 6 heteroatoms. The van der Waals surface area contributed by atoms with Crippen LogP contribution in [0.5, 0.6) is 5.75 Å². The van der Waals surface area contributed by atoms with Gasteiger partial charge in [0.05, 0.1) is 12.8 Å². The molecule has 0 aromatic heterocycles. The van der Waals surface area contributed by atoms with Gasteiger partial charge in [0.15, 0.2) is 0 Å². The Morgan fingerprint density at radius 2 is 2.06 bits per heavy atom. The lowest BCUT2D eigenvalue weighted by molar-refractivity contribution is -0.116. The highest BCUT2D eigenvalue weighted by molar-refractivity contribution is 6.19. The number of methoxy groups -OCH3 is 1. The molecular formula is C12H15ClN2O3. The molecule has 18 heavy (non-hydrogen) atoms. The van der Waals surface area contributed by atoms with Crippen molar-refractivity contribution >= 4 is 34.8 Å². The molecule has 0 bridgehead atoms. The van der Waals surface area contributed by atoms with Gasteiger partial charge >= 0.3 is 0 Å². The number of carbonyl (C=O) groups excluding carboxylic acids is 2. The van der Waals surface area contributed by atoms with Gasteiger partial charge in [-0.05, 0) is 18.2 Å². The van der Waals surface area contributed by atoms with E-state index in [1.807, 2.05) is 0 Å². The second-order valence-electron chi connectivity index (χ2n) is 3.58. The molecule has 1 aromatic rings. The first-order valence-electron chi connectivity index (χ1n) is 5.38. The second kappa shape index (κ2) is 6.86. The van der Waals surface area contributed by atoms with Gasteiger partial charge in [0.25, 0.3) is 0 Å². The van der Waals surface area contributed by atoms with Gasteiger partial charge in [-0.2, -0.15) is 0 Å². The molecule has 0 spiro atoms. The number of nitrogens with one attached hydrogen (secondary N) is 2. The van der Waals surface area contributed by atoms with Crippen molar-refractivity contribution < 1.29 is 14.3 Å². The normalized spacial score (nSPS) is 9.72. The molecule has 0 fully saturated rings. The third kappa shape index (κ3) is 4.25. The van der Waals surface area contributed by atoms with Crippen molar-refractivity contribution in [3.05, 3.63) is 18.2 Å². The molecule has 0 aliphatic carbocycles. The quantitative estimate of drug-likeness (QED) is 0.806. The van der Waals surface area contributed by atoms with E-state index in [1.165, 1.54) is 14.0 Å². The Hall–Kier alpha value is -1.75. The Morgan fingerprint density at radius 1 is 1.33 bits per heavy atom. The maximum atomic E-state index is 11.5. The smallest absolute Gasteiger partial charge is 0.225 e. The molecule has 0 heterocycles. The predicted octanol–water partition coefficient (Wildman–Crippen LogP) is 2.22. The number of rotatable bonds is 5. The number of alkyl halides is 1. The number of carbonyl (C=O) groups is 2. The highest BCUT2D eigenvalue weighted by Gasteiger charge is 2.08. The average Bonchev–Trinajstić information content (AvgIpc) is 2.28. The van der Waals surface area contributed by atoms with Crippen molar-refractivity contribution in [2.75, 3.05) is 23.6 Å². The fourth-order valence-electron chi connectivity index (χ4n) is 1.39. The predicted molar refractivity (Wildman–Crippen MR) is 71.3 cm³/mol. The largest absolute Gasteiger partial charge is 0.495 e. The zero-order valence-electron chi connectivity index (χ0n) is 10.2. The Kier molecular flexibility index (Phi) is 5.45. The molecule has 98 valence electrons. The first kappa shape index (κ1) is 14.3. The molecular weight excluding hydrogens is 256 g/mol. The van der Waals surface area contributed by atoms with E-state index in [0.717, 1.165) is 0 Å². The van der Waals surface area contributed by atoms with Crippen LogP contribution in [0.2, 0.25) is 0 Å². The molecule has 2 N–H and O–H groups in total. The number of hydrogen-bond donors (Lipinski definition) is 2.